The van der Waals surface area contributed by atoms with Crippen molar-refractivity contribution in [3.05, 3.63) is 56.6 Å². The molecule has 3 nitrogen and oxygen atoms in total. The van der Waals surface area contributed by atoms with Gasteiger partial charge in [-0.25, -0.2) is 4.39 Å². The van der Waals surface area contributed by atoms with Crippen molar-refractivity contribution in [2.45, 2.75) is 0 Å². The predicted molar refractivity (Wildman–Crippen MR) is 93.5 cm³/mol. The number of carbonyl (C=O) groups is 1. The van der Waals surface area contributed by atoms with E-state index in [9.17, 15) is 9.18 Å². The van der Waals surface area contributed by atoms with Crippen LogP contribution in [0.5, 0.6) is 0 Å². The van der Waals surface area contributed by atoms with Gasteiger partial charge in [0, 0.05) is 6.08 Å². The van der Waals surface area contributed by atoms with E-state index in [-0.39, 0.29) is 5.91 Å². The second-order valence-corrected chi connectivity index (χ2v) is 6.88. The van der Waals surface area contributed by atoms with Crippen LogP contribution < -0.4 is 4.90 Å². The minimum atomic E-state index is -0.411. The Morgan fingerprint density at radius 3 is 2.81 bits per heavy atom. The van der Waals surface area contributed by atoms with Crippen molar-refractivity contribution >= 4 is 68.6 Å². The number of hydrogen-bond acceptors (Lipinski definition) is 4. The van der Waals surface area contributed by atoms with Gasteiger partial charge in [-0.1, -0.05) is 30.0 Å². The molecule has 0 unspecified atom stereocenters. The average molecular weight is 431 g/mol. The minimum absolute atomic E-state index is 0.276. The van der Waals surface area contributed by atoms with Crippen LogP contribution in [0, 0.1) is 9.58 Å². The van der Waals surface area contributed by atoms with Crippen LogP contribution in [0.25, 0.3) is 6.08 Å². The van der Waals surface area contributed by atoms with E-state index in [2.05, 4.69) is 0 Å². The molecule has 0 saturated carbocycles. The summed E-state index contributed by atoms with van der Waals surface area (Å²) in [6, 6.07) is 9.37. The largest absolute Gasteiger partial charge is 0.451 e. The van der Waals surface area contributed by atoms with Gasteiger partial charge < -0.3 is 4.42 Å². The number of nitrogens with zero attached hydrogens (tertiary/aromatic N) is 1. The van der Waals surface area contributed by atoms with Gasteiger partial charge in [-0.3, -0.25) is 9.69 Å². The fourth-order valence-electron chi connectivity index (χ4n) is 1.84. The Kier molecular flexibility index (Phi) is 4.14. The van der Waals surface area contributed by atoms with E-state index < -0.39 is 5.82 Å². The summed E-state index contributed by atoms with van der Waals surface area (Å²) in [6.45, 7) is 0. The molecule has 3 rings (SSSR count). The van der Waals surface area contributed by atoms with E-state index in [1.54, 1.807) is 30.3 Å². The van der Waals surface area contributed by atoms with Gasteiger partial charge in [0.25, 0.3) is 5.91 Å². The Bertz CT molecular complexity index is 772. The zero-order chi connectivity index (χ0) is 15.0. The summed E-state index contributed by atoms with van der Waals surface area (Å²) in [5.74, 6) is -0.104. The summed E-state index contributed by atoms with van der Waals surface area (Å²) < 4.78 is 19.8. The van der Waals surface area contributed by atoms with Crippen molar-refractivity contribution in [3.8, 4) is 0 Å². The van der Waals surface area contributed by atoms with Gasteiger partial charge in [-0.05, 0) is 52.9 Å². The molecule has 0 aliphatic carbocycles. The molecule has 0 bridgehead atoms. The van der Waals surface area contributed by atoms with Crippen LogP contribution in [0.3, 0.4) is 0 Å². The highest BCUT2D eigenvalue weighted by Crippen LogP contribution is 2.36. The zero-order valence-corrected chi connectivity index (χ0v) is 14.2. The highest BCUT2D eigenvalue weighted by Gasteiger charge is 2.33. The molecule has 1 aromatic heterocycles. The highest BCUT2D eigenvalue weighted by molar-refractivity contribution is 14.1. The summed E-state index contributed by atoms with van der Waals surface area (Å²) in [5, 5.41) is 0. The Morgan fingerprint density at radius 2 is 2.14 bits per heavy atom. The third kappa shape index (κ3) is 3.04. The van der Waals surface area contributed by atoms with E-state index in [1.165, 1.54) is 28.8 Å². The van der Waals surface area contributed by atoms with Gasteiger partial charge in [0.1, 0.15) is 11.6 Å². The van der Waals surface area contributed by atoms with Gasteiger partial charge in [-0.2, -0.15) is 0 Å². The number of carbonyl (C=O) groups excluding carboxylic acids is 1. The number of anilines is 1. The number of thiocarbonyl (C=S) groups is 1. The van der Waals surface area contributed by atoms with Crippen molar-refractivity contribution in [2.24, 2.45) is 0 Å². The van der Waals surface area contributed by atoms with Crippen molar-refractivity contribution in [3.63, 3.8) is 0 Å². The lowest BCUT2D eigenvalue weighted by atomic mass is 10.2. The summed E-state index contributed by atoms with van der Waals surface area (Å²) >= 11 is 8.43. The second-order valence-electron chi connectivity index (χ2n) is 4.14. The number of thioether (sulfide) groups is 1. The Morgan fingerprint density at radius 1 is 1.33 bits per heavy atom. The summed E-state index contributed by atoms with van der Waals surface area (Å²) in [7, 11) is 0. The zero-order valence-electron chi connectivity index (χ0n) is 10.4. The maximum absolute atomic E-state index is 13.3. The first kappa shape index (κ1) is 14.7. The van der Waals surface area contributed by atoms with Crippen molar-refractivity contribution in [1.82, 2.24) is 0 Å². The molecule has 106 valence electrons. The molecule has 1 fully saturated rings. The number of halogens is 2. The first-order chi connectivity index (χ1) is 10.0. The van der Waals surface area contributed by atoms with Crippen LogP contribution in [0.1, 0.15) is 5.76 Å². The van der Waals surface area contributed by atoms with E-state index in [4.69, 9.17) is 16.6 Å². The van der Waals surface area contributed by atoms with E-state index in [0.29, 0.717) is 20.7 Å². The lowest BCUT2D eigenvalue weighted by Crippen LogP contribution is -2.27. The predicted octanol–water partition coefficient (Wildman–Crippen LogP) is 4.43. The maximum Gasteiger partial charge on any atom is 0.270 e. The standard InChI is InChI=1S/C14H7FINO2S2/c15-8-2-1-3-9(6-8)17-13(18)11(21-14(17)20)7-10-4-5-12(16)19-10/h1-7H. The van der Waals surface area contributed by atoms with Crippen LogP contribution >= 0.6 is 46.6 Å². The summed E-state index contributed by atoms with van der Waals surface area (Å²) in [6.07, 6.45) is 1.64. The van der Waals surface area contributed by atoms with Crippen LogP contribution in [0.4, 0.5) is 10.1 Å². The topological polar surface area (TPSA) is 33.5 Å². The minimum Gasteiger partial charge on any atom is -0.451 e. The number of amides is 1. The molecule has 2 heterocycles. The number of benzene rings is 1. The molecule has 0 spiro atoms. The molecule has 21 heavy (non-hydrogen) atoms. The van der Waals surface area contributed by atoms with Gasteiger partial charge in [-0.15, -0.1) is 0 Å². The smallest absolute Gasteiger partial charge is 0.270 e. The van der Waals surface area contributed by atoms with Crippen molar-refractivity contribution in [1.29, 1.82) is 0 Å². The highest BCUT2D eigenvalue weighted by atomic mass is 127. The molecule has 1 aliphatic heterocycles. The van der Waals surface area contributed by atoms with Crippen molar-refractivity contribution < 1.29 is 13.6 Å². The molecule has 0 radical (unpaired) electrons. The number of rotatable bonds is 2. The normalized spacial score (nSPS) is 17.0. The first-order valence-electron chi connectivity index (χ1n) is 5.83. The molecule has 1 aromatic carbocycles. The quantitative estimate of drug-likeness (QED) is 0.400. The van der Waals surface area contributed by atoms with Crippen LogP contribution in [0.15, 0.2) is 45.7 Å². The fourth-order valence-corrected chi connectivity index (χ4v) is 3.55. The van der Waals surface area contributed by atoms with Gasteiger partial charge in [0.2, 0.25) is 0 Å². The third-order valence-electron chi connectivity index (χ3n) is 2.73. The molecular formula is C14H7FINO2S2. The lowest BCUT2D eigenvalue weighted by molar-refractivity contribution is -0.113. The van der Waals surface area contributed by atoms with Crippen LogP contribution in [-0.4, -0.2) is 10.2 Å². The van der Waals surface area contributed by atoms with Gasteiger partial charge in [0.05, 0.1) is 10.6 Å². The van der Waals surface area contributed by atoms with E-state index in [1.807, 2.05) is 22.6 Å². The van der Waals surface area contributed by atoms with Crippen LogP contribution in [-0.2, 0) is 4.79 Å². The maximum atomic E-state index is 13.3. The molecule has 1 amide bonds. The summed E-state index contributed by atoms with van der Waals surface area (Å²) in [5.41, 5.74) is 0.426. The monoisotopic (exact) mass is 431 g/mol. The molecular weight excluding hydrogens is 424 g/mol. The molecule has 0 N–H and O–H groups in total. The Hall–Kier alpha value is -1.19. The van der Waals surface area contributed by atoms with E-state index in [0.717, 1.165) is 3.77 Å². The molecule has 1 aliphatic rings. The molecule has 2 aromatic rings. The fraction of sp³-hybridized carbons (Fsp3) is 0. The SMILES string of the molecule is O=C1C(=Cc2ccc(I)o2)SC(=S)N1c1cccc(F)c1. The molecule has 0 atom stereocenters. The van der Waals surface area contributed by atoms with Crippen molar-refractivity contribution in [2.75, 3.05) is 4.90 Å². The number of hydrogen-bond donors (Lipinski definition) is 0. The Balaban J connectivity index is 1.94. The van der Waals surface area contributed by atoms with Gasteiger partial charge >= 0.3 is 0 Å². The first-order valence-corrected chi connectivity index (χ1v) is 8.14. The Labute approximate surface area is 143 Å². The van der Waals surface area contributed by atoms with E-state index >= 15 is 0 Å². The van der Waals surface area contributed by atoms with Gasteiger partial charge in [0.15, 0.2) is 8.09 Å². The number of furan rings is 1. The third-order valence-corrected chi connectivity index (χ3v) is 4.61. The van der Waals surface area contributed by atoms with Crippen LogP contribution in [0.2, 0.25) is 0 Å². The summed E-state index contributed by atoms with van der Waals surface area (Å²) in [4.78, 5) is 14.2. The average Bonchev–Trinajstić information content (AvgIpc) is 2.94. The molecule has 1 saturated heterocycles. The lowest BCUT2D eigenvalue weighted by Gasteiger charge is -2.14. The second kappa shape index (κ2) is 5.90. The molecule has 7 heteroatoms.